The smallest absolute Gasteiger partial charge is 0.255 e. The van der Waals surface area contributed by atoms with Crippen molar-refractivity contribution in [2.24, 2.45) is 0 Å². The number of benzene rings is 1. The summed E-state index contributed by atoms with van der Waals surface area (Å²) in [6, 6.07) is 11.3. The molecular formula is C21H25N3O2S. The largest absolute Gasteiger partial charge is 0.332 e. The average molecular weight is 384 g/mol. The fourth-order valence-corrected chi connectivity index (χ4v) is 3.95. The van der Waals surface area contributed by atoms with Gasteiger partial charge in [-0.3, -0.25) is 9.59 Å². The maximum absolute atomic E-state index is 13.4. The SMILES string of the molecule is Cc1ccc2[nH]c(=O)cc(C(=O)N(CCN(C)C)Cc3ccc(C)s3)c2c1. The zero-order valence-electron chi connectivity index (χ0n) is 16.2. The van der Waals surface area contributed by atoms with Crippen molar-refractivity contribution < 1.29 is 4.79 Å². The first-order valence-corrected chi connectivity index (χ1v) is 9.78. The lowest BCUT2D eigenvalue weighted by atomic mass is 10.1. The minimum atomic E-state index is -0.255. The Kier molecular flexibility index (Phi) is 5.77. The Morgan fingerprint density at radius 3 is 2.52 bits per heavy atom. The molecule has 0 saturated heterocycles. The van der Waals surface area contributed by atoms with Crippen LogP contribution in [0.25, 0.3) is 10.9 Å². The van der Waals surface area contributed by atoms with E-state index in [1.807, 2.05) is 44.1 Å². The second kappa shape index (κ2) is 8.06. The molecule has 0 saturated carbocycles. The summed E-state index contributed by atoms with van der Waals surface area (Å²) in [4.78, 5) is 34.6. The van der Waals surface area contributed by atoms with Crippen molar-refractivity contribution in [1.82, 2.24) is 14.8 Å². The van der Waals surface area contributed by atoms with Gasteiger partial charge in [0.25, 0.3) is 5.91 Å². The van der Waals surface area contributed by atoms with Crippen molar-refractivity contribution in [2.75, 3.05) is 27.2 Å². The Hall–Kier alpha value is -2.44. The first-order chi connectivity index (χ1) is 12.8. The Labute approximate surface area is 163 Å². The molecule has 6 heteroatoms. The number of pyridine rings is 1. The molecule has 0 atom stereocenters. The molecule has 0 radical (unpaired) electrons. The minimum Gasteiger partial charge on any atom is -0.332 e. The van der Waals surface area contributed by atoms with Gasteiger partial charge in [0.15, 0.2) is 0 Å². The number of H-pyrrole nitrogens is 1. The van der Waals surface area contributed by atoms with Gasteiger partial charge in [0, 0.05) is 39.8 Å². The van der Waals surface area contributed by atoms with Crippen molar-refractivity contribution in [2.45, 2.75) is 20.4 Å². The van der Waals surface area contributed by atoms with E-state index < -0.39 is 0 Å². The van der Waals surface area contributed by atoms with Crippen LogP contribution in [0.3, 0.4) is 0 Å². The topological polar surface area (TPSA) is 56.4 Å². The number of carbonyl (C=O) groups excluding carboxylic acids is 1. The van der Waals surface area contributed by atoms with E-state index in [4.69, 9.17) is 0 Å². The third kappa shape index (κ3) is 4.64. The molecule has 27 heavy (non-hydrogen) atoms. The van der Waals surface area contributed by atoms with E-state index in [1.54, 1.807) is 11.3 Å². The zero-order chi connectivity index (χ0) is 19.6. The predicted octanol–water partition coefficient (Wildman–Crippen LogP) is 3.41. The first-order valence-electron chi connectivity index (χ1n) is 8.96. The number of aromatic nitrogens is 1. The summed E-state index contributed by atoms with van der Waals surface area (Å²) in [6.07, 6.45) is 0. The molecule has 0 unspecified atom stereocenters. The van der Waals surface area contributed by atoms with Gasteiger partial charge < -0.3 is 14.8 Å². The van der Waals surface area contributed by atoms with Crippen LogP contribution in [0.15, 0.2) is 41.2 Å². The molecule has 1 N–H and O–H groups in total. The van der Waals surface area contributed by atoms with Gasteiger partial charge in [0.1, 0.15) is 0 Å². The first kappa shape index (κ1) is 19.3. The number of thiophene rings is 1. The Morgan fingerprint density at radius 1 is 1.07 bits per heavy atom. The number of rotatable bonds is 6. The van der Waals surface area contributed by atoms with Crippen molar-refractivity contribution in [3.63, 3.8) is 0 Å². The third-order valence-electron chi connectivity index (χ3n) is 4.48. The minimum absolute atomic E-state index is 0.107. The molecule has 3 rings (SSSR count). The van der Waals surface area contributed by atoms with Gasteiger partial charge in [-0.05, 0) is 52.2 Å². The van der Waals surface area contributed by atoms with E-state index in [9.17, 15) is 9.59 Å². The molecule has 142 valence electrons. The fourth-order valence-electron chi connectivity index (χ4n) is 3.05. The van der Waals surface area contributed by atoms with Crippen LogP contribution in [-0.2, 0) is 6.54 Å². The zero-order valence-corrected chi connectivity index (χ0v) is 17.0. The van der Waals surface area contributed by atoms with Gasteiger partial charge in [-0.25, -0.2) is 0 Å². The number of fused-ring (bicyclic) bond motifs is 1. The van der Waals surface area contributed by atoms with Crippen LogP contribution in [0.4, 0.5) is 0 Å². The summed E-state index contributed by atoms with van der Waals surface area (Å²) < 4.78 is 0. The van der Waals surface area contributed by atoms with Crippen molar-refractivity contribution in [3.05, 3.63) is 67.6 Å². The van der Waals surface area contributed by atoms with Crippen LogP contribution in [0.5, 0.6) is 0 Å². The maximum atomic E-state index is 13.4. The van der Waals surface area contributed by atoms with Crippen LogP contribution in [-0.4, -0.2) is 47.9 Å². The average Bonchev–Trinajstić information content (AvgIpc) is 3.02. The molecule has 2 heterocycles. The molecule has 2 aromatic heterocycles. The fraction of sp³-hybridized carbons (Fsp3) is 0.333. The lowest BCUT2D eigenvalue weighted by molar-refractivity contribution is 0.0735. The second-order valence-corrected chi connectivity index (χ2v) is 8.51. The van der Waals surface area contributed by atoms with E-state index in [0.717, 1.165) is 22.4 Å². The van der Waals surface area contributed by atoms with E-state index in [0.29, 0.717) is 24.2 Å². The van der Waals surface area contributed by atoms with Gasteiger partial charge >= 0.3 is 0 Å². The van der Waals surface area contributed by atoms with Gasteiger partial charge in [-0.2, -0.15) is 0 Å². The van der Waals surface area contributed by atoms with Crippen LogP contribution in [0, 0.1) is 13.8 Å². The standard InChI is InChI=1S/C21H25N3O2S/c1-14-5-8-19-17(11-14)18(12-20(25)22-19)21(26)24(10-9-23(3)4)13-16-7-6-15(2)27-16/h5-8,11-12H,9-10,13H2,1-4H3,(H,22,25). The number of nitrogens with zero attached hydrogens (tertiary/aromatic N) is 2. The highest BCUT2D eigenvalue weighted by Crippen LogP contribution is 2.22. The number of aryl methyl sites for hydroxylation is 2. The molecule has 0 bridgehead atoms. The molecule has 0 fully saturated rings. The van der Waals surface area contributed by atoms with E-state index in [1.165, 1.54) is 10.9 Å². The quantitative estimate of drug-likeness (QED) is 0.710. The van der Waals surface area contributed by atoms with Crippen LogP contribution in [0.1, 0.15) is 25.7 Å². The number of aromatic amines is 1. The van der Waals surface area contributed by atoms with Crippen LogP contribution >= 0.6 is 11.3 Å². The van der Waals surface area contributed by atoms with Gasteiger partial charge in [-0.1, -0.05) is 11.6 Å². The summed E-state index contributed by atoms with van der Waals surface area (Å²) in [5.41, 5.74) is 1.95. The number of nitrogens with one attached hydrogen (secondary N) is 1. The highest BCUT2D eigenvalue weighted by atomic mass is 32.1. The molecule has 0 aliphatic rings. The molecule has 5 nitrogen and oxygen atoms in total. The summed E-state index contributed by atoms with van der Waals surface area (Å²) >= 11 is 1.70. The molecule has 0 aliphatic heterocycles. The Bertz CT molecular complexity index is 1020. The van der Waals surface area contributed by atoms with Crippen molar-refractivity contribution in [1.29, 1.82) is 0 Å². The van der Waals surface area contributed by atoms with E-state index in [-0.39, 0.29) is 11.5 Å². The van der Waals surface area contributed by atoms with Gasteiger partial charge in [0.2, 0.25) is 5.56 Å². The van der Waals surface area contributed by atoms with Crippen molar-refractivity contribution >= 4 is 28.1 Å². The molecule has 1 aromatic carbocycles. The molecular weight excluding hydrogens is 358 g/mol. The number of hydrogen-bond donors (Lipinski definition) is 1. The molecule has 0 spiro atoms. The van der Waals surface area contributed by atoms with Crippen molar-refractivity contribution in [3.8, 4) is 0 Å². The lowest BCUT2D eigenvalue weighted by Crippen LogP contribution is -2.36. The number of amides is 1. The molecule has 0 aliphatic carbocycles. The summed E-state index contributed by atoms with van der Waals surface area (Å²) in [5.74, 6) is -0.107. The van der Waals surface area contributed by atoms with Gasteiger partial charge in [0.05, 0.1) is 12.1 Å². The highest BCUT2D eigenvalue weighted by Gasteiger charge is 2.20. The third-order valence-corrected chi connectivity index (χ3v) is 5.46. The van der Waals surface area contributed by atoms with E-state index in [2.05, 4.69) is 28.9 Å². The Morgan fingerprint density at radius 2 is 1.85 bits per heavy atom. The number of likely N-dealkylation sites (N-methyl/N-ethyl adjacent to an activating group) is 1. The monoisotopic (exact) mass is 383 g/mol. The normalized spacial score (nSPS) is 11.3. The van der Waals surface area contributed by atoms with Crippen LogP contribution in [0.2, 0.25) is 0 Å². The second-order valence-electron chi connectivity index (χ2n) is 7.14. The summed E-state index contributed by atoms with van der Waals surface area (Å²) in [6.45, 7) is 5.95. The maximum Gasteiger partial charge on any atom is 0.255 e. The molecule has 1 amide bonds. The molecule has 3 aromatic rings. The summed E-state index contributed by atoms with van der Waals surface area (Å²) in [7, 11) is 3.98. The predicted molar refractivity (Wildman–Crippen MR) is 112 cm³/mol. The van der Waals surface area contributed by atoms with Crippen LogP contribution < -0.4 is 5.56 Å². The van der Waals surface area contributed by atoms with E-state index >= 15 is 0 Å². The lowest BCUT2D eigenvalue weighted by Gasteiger charge is -2.24. The number of hydrogen-bond acceptors (Lipinski definition) is 4. The number of carbonyl (C=O) groups is 1. The highest BCUT2D eigenvalue weighted by molar-refractivity contribution is 7.11. The van der Waals surface area contributed by atoms with Gasteiger partial charge in [-0.15, -0.1) is 11.3 Å². The summed E-state index contributed by atoms with van der Waals surface area (Å²) in [5, 5.41) is 0.789. The Balaban J connectivity index is 2.01.